The van der Waals surface area contributed by atoms with Crippen LogP contribution >= 0.6 is 0 Å². The molecule has 1 aliphatic carbocycles. The van der Waals surface area contributed by atoms with Gasteiger partial charge in [0.25, 0.3) is 0 Å². The Kier molecular flexibility index (Phi) is 5.31. The Bertz CT molecular complexity index is 405. The fourth-order valence-corrected chi connectivity index (χ4v) is 2.95. The smallest absolute Gasteiger partial charge is 0.123 e. The topological polar surface area (TPSA) is 49.5 Å². The van der Waals surface area contributed by atoms with Crippen LogP contribution in [0.4, 0.5) is 4.39 Å². The van der Waals surface area contributed by atoms with Gasteiger partial charge in [-0.15, -0.1) is 0 Å². The number of nitrogens with two attached hydrogens (primary N) is 1. The second-order valence-electron chi connectivity index (χ2n) is 5.25. The molecule has 0 spiro atoms. The van der Waals surface area contributed by atoms with Crippen molar-refractivity contribution in [1.82, 2.24) is 4.90 Å². The molecule has 0 amide bonds. The molecule has 106 valence electrons. The van der Waals surface area contributed by atoms with Gasteiger partial charge in [-0.1, -0.05) is 18.9 Å². The van der Waals surface area contributed by atoms with E-state index in [2.05, 4.69) is 4.90 Å². The molecule has 1 saturated carbocycles. The van der Waals surface area contributed by atoms with Crippen LogP contribution in [-0.2, 0) is 13.1 Å². The zero-order valence-electron chi connectivity index (χ0n) is 11.3. The van der Waals surface area contributed by atoms with Crippen LogP contribution in [0.1, 0.15) is 36.8 Å². The van der Waals surface area contributed by atoms with Gasteiger partial charge < -0.3 is 10.8 Å². The maximum atomic E-state index is 13.4. The van der Waals surface area contributed by atoms with E-state index in [1.165, 1.54) is 31.7 Å². The molecule has 0 atom stereocenters. The lowest BCUT2D eigenvalue weighted by molar-refractivity contribution is 0.144. The summed E-state index contributed by atoms with van der Waals surface area (Å²) < 4.78 is 13.4. The summed E-state index contributed by atoms with van der Waals surface area (Å²) >= 11 is 0. The lowest BCUT2D eigenvalue weighted by Gasteiger charge is -2.29. The van der Waals surface area contributed by atoms with Crippen LogP contribution < -0.4 is 5.73 Å². The second-order valence-corrected chi connectivity index (χ2v) is 5.25. The molecule has 4 heteroatoms. The molecule has 0 unspecified atom stereocenters. The number of aliphatic hydroxyl groups is 1. The predicted molar refractivity (Wildman–Crippen MR) is 74.0 cm³/mol. The van der Waals surface area contributed by atoms with Crippen molar-refractivity contribution in [1.29, 1.82) is 0 Å². The maximum absolute atomic E-state index is 13.4. The minimum Gasteiger partial charge on any atom is -0.395 e. The molecule has 1 aromatic rings. The van der Waals surface area contributed by atoms with E-state index in [-0.39, 0.29) is 12.4 Å². The van der Waals surface area contributed by atoms with E-state index in [0.717, 1.165) is 11.1 Å². The van der Waals surface area contributed by atoms with Crippen LogP contribution in [0.2, 0.25) is 0 Å². The largest absolute Gasteiger partial charge is 0.395 e. The Morgan fingerprint density at radius 3 is 2.63 bits per heavy atom. The van der Waals surface area contributed by atoms with Gasteiger partial charge in [0.15, 0.2) is 0 Å². The molecule has 1 fully saturated rings. The first kappa shape index (κ1) is 14.4. The van der Waals surface area contributed by atoms with Gasteiger partial charge in [0.2, 0.25) is 0 Å². The van der Waals surface area contributed by atoms with Crippen molar-refractivity contribution in [2.45, 2.75) is 44.8 Å². The van der Waals surface area contributed by atoms with Crippen molar-refractivity contribution in [3.63, 3.8) is 0 Å². The van der Waals surface area contributed by atoms with Gasteiger partial charge in [0.05, 0.1) is 6.61 Å². The molecule has 19 heavy (non-hydrogen) atoms. The minimum atomic E-state index is -0.220. The van der Waals surface area contributed by atoms with Gasteiger partial charge in [-0.2, -0.15) is 0 Å². The van der Waals surface area contributed by atoms with Crippen molar-refractivity contribution < 1.29 is 9.50 Å². The summed E-state index contributed by atoms with van der Waals surface area (Å²) in [4.78, 5) is 2.26. The first-order chi connectivity index (χ1) is 9.24. The first-order valence-corrected chi connectivity index (χ1v) is 7.07. The third kappa shape index (κ3) is 3.75. The monoisotopic (exact) mass is 266 g/mol. The lowest BCUT2D eigenvalue weighted by atomic mass is 10.1. The van der Waals surface area contributed by atoms with E-state index in [1.54, 1.807) is 12.1 Å². The van der Waals surface area contributed by atoms with Gasteiger partial charge in [0, 0.05) is 25.7 Å². The van der Waals surface area contributed by atoms with Gasteiger partial charge >= 0.3 is 0 Å². The maximum Gasteiger partial charge on any atom is 0.123 e. The number of benzene rings is 1. The average molecular weight is 266 g/mol. The normalized spacial score (nSPS) is 16.4. The Hall–Kier alpha value is -0.970. The highest BCUT2D eigenvalue weighted by Crippen LogP contribution is 2.25. The molecule has 0 saturated heterocycles. The summed E-state index contributed by atoms with van der Waals surface area (Å²) in [5.41, 5.74) is 7.65. The lowest BCUT2D eigenvalue weighted by Crippen LogP contribution is -2.35. The van der Waals surface area contributed by atoms with Crippen LogP contribution in [0.25, 0.3) is 0 Å². The molecule has 0 radical (unpaired) electrons. The van der Waals surface area contributed by atoms with Gasteiger partial charge in [-0.25, -0.2) is 4.39 Å². The summed E-state index contributed by atoms with van der Waals surface area (Å²) in [5.74, 6) is -0.220. The number of hydrogen-bond acceptors (Lipinski definition) is 3. The van der Waals surface area contributed by atoms with E-state index < -0.39 is 0 Å². The van der Waals surface area contributed by atoms with E-state index in [1.807, 2.05) is 0 Å². The van der Waals surface area contributed by atoms with Crippen LogP contribution in [0.3, 0.4) is 0 Å². The number of nitrogens with zero attached hydrogens (tertiary/aromatic N) is 1. The third-order valence-corrected chi connectivity index (χ3v) is 3.99. The zero-order valence-corrected chi connectivity index (χ0v) is 11.3. The fourth-order valence-electron chi connectivity index (χ4n) is 2.95. The van der Waals surface area contributed by atoms with Gasteiger partial charge in [0.1, 0.15) is 5.82 Å². The number of rotatable bonds is 6. The van der Waals surface area contributed by atoms with E-state index in [4.69, 9.17) is 5.73 Å². The SMILES string of the molecule is NCc1ccc(F)cc1CN(CCO)C1CCCC1. The molecule has 3 nitrogen and oxygen atoms in total. The molecule has 1 aliphatic rings. The van der Waals surface area contributed by atoms with Crippen LogP contribution in [0, 0.1) is 5.82 Å². The Balaban J connectivity index is 2.13. The zero-order chi connectivity index (χ0) is 13.7. The van der Waals surface area contributed by atoms with Crippen molar-refractivity contribution >= 4 is 0 Å². The molecule has 0 aliphatic heterocycles. The van der Waals surface area contributed by atoms with Crippen molar-refractivity contribution in [3.8, 4) is 0 Å². The van der Waals surface area contributed by atoms with Crippen molar-refractivity contribution in [3.05, 3.63) is 35.1 Å². The molecule has 3 N–H and O–H groups in total. The molecular weight excluding hydrogens is 243 g/mol. The highest BCUT2D eigenvalue weighted by Gasteiger charge is 2.22. The van der Waals surface area contributed by atoms with E-state index >= 15 is 0 Å². The predicted octanol–water partition coefficient (Wildman–Crippen LogP) is 2.02. The Labute approximate surface area is 114 Å². The van der Waals surface area contributed by atoms with E-state index in [0.29, 0.717) is 25.7 Å². The number of hydrogen-bond donors (Lipinski definition) is 2. The Morgan fingerprint density at radius 1 is 1.26 bits per heavy atom. The summed E-state index contributed by atoms with van der Waals surface area (Å²) in [7, 11) is 0. The second kappa shape index (κ2) is 6.98. The molecule has 0 heterocycles. The molecule has 0 aromatic heterocycles. The summed E-state index contributed by atoms with van der Waals surface area (Å²) in [5, 5.41) is 9.22. The first-order valence-electron chi connectivity index (χ1n) is 7.07. The number of halogens is 1. The minimum absolute atomic E-state index is 0.143. The number of aliphatic hydroxyl groups excluding tert-OH is 1. The van der Waals surface area contributed by atoms with Crippen LogP contribution in [0.5, 0.6) is 0 Å². The summed E-state index contributed by atoms with van der Waals surface area (Å²) in [6.45, 7) is 1.89. The highest BCUT2D eigenvalue weighted by molar-refractivity contribution is 5.27. The molecule has 2 rings (SSSR count). The standard InChI is InChI=1S/C15H23FN2O/c16-14-6-5-12(10-17)13(9-14)11-18(7-8-19)15-3-1-2-4-15/h5-6,9,15,19H,1-4,7-8,10-11,17H2. The van der Waals surface area contributed by atoms with E-state index in [9.17, 15) is 9.50 Å². The van der Waals surface area contributed by atoms with Crippen molar-refractivity contribution in [2.75, 3.05) is 13.2 Å². The molecule has 1 aromatic carbocycles. The van der Waals surface area contributed by atoms with Gasteiger partial charge in [-0.05, 0) is 36.1 Å². The molecular formula is C15H23FN2O. The average Bonchev–Trinajstić information content (AvgIpc) is 2.92. The Morgan fingerprint density at radius 2 is 2.00 bits per heavy atom. The molecule has 0 bridgehead atoms. The summed E-state index contributed by atoms with van der Waals surface area (Å²) in [6.07, 6.45) is 4.85. The third-order valence-electron chi connectivity index (χ3n) is 3.99. The quantitative estimate of drug-likeness (QED) is 0.828. The van der Waals surface area contributed by atoms with Crippen LogP contribution in [-0.4, -0.2) is 29.2 Å². The highest BCUT2D eigenvalue weighted by atomic mass is 19.1. The van der Waals surface area contributed by atoms with Crippen molar-refractivity contribution in [2.24, 2.45) is 5.73 Å². The fraction of sp³-hybridized carbons (Fsp3) is 0.600. The van der Waals surface area contributed by atoms with Crippen LogP contribution in [0.15, 0.2) is 18.2 Å². The van der Waals surface area contributed by atoms with Gasteiger partial charge in [-0.3, -0.25) is 4.90 Å². The summed E-state index contributed by atoms with van der Waals surface area (Å²) in [6, 6.07) is 5.30.